The molecule has 3 heterocycles. The smallest absolute Gasteiger partial charge is 0.294 e. The van der Waals surface area contributed by atoms with E-state index in [1.165, 1.54) is 64.2 Å². The van der Waals surface area contributed by atoms with Gasteiger partial charge in [-0.15, -0.1) is 0 Å². The third-order valence-electron chi connectivity index (χ3n) is 9.05. The maximum atomic E-state index is 13.5. The van der Waals surface area contributed by atoms with Gasteiger partial charge in [0.2, 0.25) is 5.91 Å². The van der Waals surface area contributed by atoms with Crippen molar-refractivity contribution in [2.45, 2.75) is 96.6 Å². The molecule has 2 aromatic heterocycles. The number of aryl methyl sites for hydroxylation is 2. The number of rotatable bonds is 8. The highest BCUT2D eigenvalue weighted by atomic mass is 16.2. The molecule has 2 saturated carbocycles. The van der Waals surface area contributed by atoms with Gasteiger partial charge in [-0.25, -0.2) is 9.97 Å². The minimum atomic E-state index is -0.513. The number of fused-ring (bicyclic) bond motifs is 1. The van der Waals surface area contributed by atoms with E-state index in [4.69, 9.17) is 5.73 Å². The number of nitrogens with one attached hydrogen (secondary N) is 2. The SMILES string of the molecule is Cc1nc(N)ccc1CNC(=O)[C@@H]1CCc2cnc(NCC(C3CCCCC3)C3CCCCC3)c(=O)n21. The van der Waals surface area contributed by atoms with Gasteiger partial charge in [0.15, 0.2) is 5.82 Å². The Bertz CT molecular complexity index is 1130. The molecule has 8 nitrogen and oxygen atoms in total. The Kier molecular flexibility index (Phi) is 8.11. The third kappa shape index (κ3) is 5.83. The lowest BCUT2D eigenvalue weighted by atomic mass is 9.69. The molecule has 2 aliphatic carbocycles. The van der Waals surface area contributed by atoms with Crippen molar-refractivity contribution in [3.05, 3.63) is 45.6 Å². The molecule has 0 bridgehead atoms. The summed E-state index contributed by atoms with van der Waals surface area (Å²) in [4.78, 5) is 35.5. The Morgan fingerprint density at radius 2 is 1.73 bits per heavy atom. The molecule has 5 rings (SSSR count). The standard InChI is InChI=1S/C29H42N6O2/c1-19-22(12-15-26(30)34-19)16-33-28(36)25-14-13-23-17-31-27(29(37)35(23)25)32-18-24(20-8-4-2-5-9-20)21-10-6-3-7-11-21/h12,15,17,20-21,24-25H,2-11,13-14,16,18H2,1H3,(H2,30,34)(H,31,32)(H,33,36)/t25-/m0/s1. The first kappa shape index (κ1) is 25.7. The average Bonchev–Trinajstić information content (AvgIpc) is 3.36. The third-order valence-corrected chi connectivity index (χ3v) is 9.05. The van der Waals surface area contributed by atoms with E-state index in [0.717, 1.165) is 35.3 Å². The molecule has 1 atom stereocenters. The number of nitrogens with zero attached hydrogens (tertiary/aromatic N) is 3. The van der Waals surface area contributed by atoms with Crippen LogP contribution in [-0.4, -0.2) is 27.0 Å². The zero-order chi connectivity index (χ0) is 25.8. The highest BCUT2D eigenvalue weighted by Crippen LogP contribution is 2.40. The van der Waals surface area contributed by atoms with Crippen LogP contribution in [0.1, 0.15) is 93.6 Å². The second kappa shape index (κ2) is 11.7. The molecule has 4 N–H and O–H groups in total. The van der Waals surface area contributed by atoms with Crippen LogP contribution in [-0.2, 0) is 17.8 Å². The molecule has 0 aromatic carbocycles. The van der Waals surface area contributed by atoms with Crippen LogP contribution in [0.2, 0.25) is 0 Å². The molecule has 37 heavy (non-hydrogen) atoms. The van der Waals surface area contributed by atoms with Crippen molar-refractivity contribution < 1.29 is 4.79 Å². The van der Waals surface area contributed by atoms with Gasteiger partial charge >= 0.3 is 0 Å². The summed E-state index contributed by atoms with van der Waals surface area (Å²) in [6, 6.07) is 3.11. The Labute approximate surface area is 219 Å². The van der Waals surface area contributed by atoms with Crippen LogP contribution in [0, 0.1) is 24.7 Å². The molecule has 0 unspecified atom stereocenters. The molecule has 1 amide bonds. The number of nitrogen functional groups attached to an aromatic ring is 1. The predicted octanol–water partition coefficient (Wildman–Crippen LogP) is 4.52. The molecule has 2 aromatic rings. The first-order valence-electron chi connectivity index (χ1n) is 14.3. The lowest BCUT2D eigenvalue weighted by Gasteiger charge is -2.38. The van der Waals surface area contributed by atoms with Gasteiger partial charge in [-0.1, -0.05) is 70.3 Å². The highest BCUT2D eigenvalue weighted by molar-refractivity contribution is 5.81. The second-order valence-corrected chi connectivity index (χ2v) is 11.4. The van der Waals surface area contributed by atoms with Crippen LogP contribution in [0.3, 0.4) is 0 Å². The Balaban J connectivity index is 1.28. The summed E-state index contributed by atoms with van der Waals surface area (Å²) in [7, 11) is 0. The first-order valence-corrected chi connectivity index (χ1v) is 14.3. The number of pyridine rings is 1. The number of nitrogens with two attached hydrogens (primary N) is 1. The summed E-state index contributed by atoms with van der Waals surface area (Å²) in [5, 5.41) is 6.48. The van der Waals surface area contributed by atoms with Gasteiger partial charge in [0.25, 0.3) is 5.56 Å². The quantitative estimate of drug-likeness (QED) is 0.485. The molecule has 1 aliphatic heterocycles. The Morgan fingerprint density at radius 3 is 2.38 bits per heavy atom. The molecule has 8 heteroatoms. The van der Waals surface area contributed by atoms with Gasteiger partial charge in [-0.3, -0.25) is 14.2 Å². The van der Waals surface area contributed by atoms with Crippen molar-refractivity contribution in [3.63, 3.8) is 0 Å². The largest absolute Gasteiger partial charge is 0.384 e. The first-order chi connectivity index (χ1) is 18.0. The van der Waals surface area contributed by atoms with Gasteiger partial charge in [0, 0.05) is 30.7 Å². The second-order valence-electron chi connectivity index (χ2n) is 11.4. The number of carbonyl (C=O) groups excluding carboxylic acids is 1. The van der Waals surface area contributed by atoms with Gasteiger partial charge in [-0.05, 0) is 49.1 Å². The van der Waals surface area contributed by atoms with Crippen molar-refractivity contribution in [2.75, 3.05) is 17.6 Å². The summed E-state index contributed by atoms with van der Waals surface area (Å²) in [6.45, 7) is 3.04. The summed E-state index contributed by atoms with van der Waals surface area (Å²) in [5.41, 5.74) is 8.12. The van der Waals surface area contributed by atoms with Crippen LogP contribution < -0.4 is 21.9 Å². The van der Waals surface area contributed by atoms with Crippen molar-refractivity contribution in [3.8, 4) is 0 Å². The number of amides is 1. The van der Waals surface area contributed by atoms with Crippen molar-refractivity contribution in [2.24, 2.45) is 17.8 Å². The van der Waals surface area contributed by atoms with Gasteiger partial charge in [-0.2, -0.15) is 0 Å². The molecular weight excluding hydrogens is 464 g/mol. The number of anilines is 2. The molecule has 0 spiro atoms. The summed E-state index contributed by atoms with van der Waals surface area (Å²) in [5.74, 6) is 2.79. The van der Waals surface area contributed by atoms with Crippen molar-refractivity contribution in [1.29, 1.82) is 0 Å². The molecule has 2 fully saturated rings. The van der Waals surface area contributed by atoms with E-state index in [1.807, 2.05) is 13.0 Å². The van der Waals surface area contributed by atoms with Gasteiger partial charge in [0.1, 0.15) is 11.9 Å². The minimum absolute atomic E-state index is 0.142. The van der Waals surface area contributed by atoms with E-state index < -0.39 is 6.04 Å². The van der Waals surface area contributed by atoms with Gasteiger partial charge < -0.3 is 16.4 Å². The fourth-order valence-corrected chi connectivity index (χ4v) is 6.96. The summed E-state index contributed by atoms with van der Waals surface area (Å²) >= 11 is 0. The lowest BCUT2D eigenvalue weighted by Crippen LogP contribution is -2.38. The monoisotopic (exact) mass is 506 g/mol. The van der Waals surface area contributed by atoms with Crippen LogP contribution in [0.4, 0.5) is 11.6 Å². The minimum Gasteiger partial charge on any atom is -0.384 e. The van der Waals surface area contributed by atoms with E-state index >= 15 is 0 Å². The highest BCUT2D eigenvalue weighted by Gasteiger charge is 2.33. The number of hydrogen-bond acceptors (Lipinski definition) is 6. The van der Waals surface area contributed by atoms with E-state index in [0.29, 0.717) is 36.9 Å². The molecule has 200 valence electrons. The lowest BCUT2D eigenvalue weighted by molar-refractivity contribution is -0.124. The van der Waals surface area contributed by atoms with E-state index in [2.05, 4.69) is 20.6 Å². The summed E-state index contributed by atoms with van der Waals surface area (Å²) in [6.07, 6.45) is 16.3. The van der Waals surface area contributed by atoms with Gasteiger partial charge in [0.05, 0.1) is 0 Å². The zero-order valence-electron chi connectivity index (χ0n) is 22.2. The molecule has 0 radical (unpaired) electrons. The Morgan fingerprint density at radius 1 is 1.05 bits per heavy atom. The molecular formula is C29H42N6O2. The molecule has 3 aliphatic rings. The van der Waals surface area contributed by atoms with E-state index in [-0.39, 0.29) is 11.5 Å². The molecule has 0 saturated heterocycles. The number of hydrogen-bond donors (Lipinski definition) is 3. The predicted molar refractivity (Wildman–Crippen MR) is 146 cm³/mol. The van der Waals surface area contributed by atoms with Crippen LogP contribution in [0.5, 0.6) is 0 Å². The maximum absolute atomic E-state index is 13.5. The van der Waals surface area contributed by atoms with Crippen LogP contribution in [0.15, 0.2) is 23.1 Å². The fraction of sp³-hybridized carbons (Fsp3) is 0.655. The normalized spacial score (nSPS) is 20.6. The zero-order valence-corrected chi connectivity index (χ0v) is 22.2. The van der Waals surface area contributed by atoms with E-state index in [9.17, 15) is 9.59 Å². The van der Waals surface area contributed by atoms with Crippen molar-refractivity contribution in [1.82, 2.24) is 19.9 Å². The fourth-order valence-electron chi connectivity index (χ4n) is 6.96. The summed E-state index contributed by atoms with van der Waals surface area (Å²) < 4.78 is 1.66. The average molecular weight is 507 g/mol. The number of aromatic nitrogens is 3. The topological polar surface area (TPSA) is 115 Å². The van der Waals surface area contributed by atoms with E-state index in [1.54, 1.807) is 16.8 Å². The van der Waals surface area contributed by atoms with Crippen molar-refractivity contribution >= 4 is 17.5 Å². The Hall–Kier alpha value is -2.90. The van der Waals surface area contributed by atoms with Crippen LogP contribution >= 0.6 is 0 Å². The van der Waals surface area contributed by atoms with Crippen LogP contribution in [0.25, 0.3) is 0 Å². The number of carbonyl (C=O) groups is 1. The maximum Gasteiger partial charge on any atom is 0.294 e.